The maximum Gasteiger partial charge on any atom is 0.215 e. The van der Waals surface area contributed by atoms with E-state index in [1.807, 2.05) is 0 Å². The van der Waals surface area contributed by atoms with Crippen LogP contribution in [0.25, 0.3) is 0 Å². The predicted octanol–water partition coefficient (Wildman–Crippen LogP) is 1.65. The molecule has 1 rings (SSSR count). The van der Waals surface area contributed by atoms with Crippen molar-refractivity contribution in [2.75, 3.05) is 33.4 Å². The molecule has 0 aliphatic rings. The second-order valence-electron chi connectivity index (χ2n) is 4.17. The second kappa shape index (κ2) is 8.81. The van der Waals surface area contributed by atoms with Crippen molar-refractivity contribution in [1.29, 1.82) is 0 Å². The molecule has 2 N–H and O–H groups in total. The summed E-state index contributed by atoms with van der Waals surface area (Å²) in [6, 6.07) is 4.74. The third-order valence-corrected chi connectivity index (χ3v) is 4.18. The number of halogens is 2. The molecule has 0 spiro atoms. The quantitative estimate of drug-likeness (QED) is 0.670. The maximum absolute atomic E-state index is 11.9. The van der Waals surface area contributed by atoms with E-state index in [0.29, 0.717) is 41.8 Å². The molecule has 0 aliphatic heterocycles. The third kappa shape index (κ3) is 7.42. The summed E-state index contributed by atoms with van der Waals surface area (Å²) in [7, 11) is -1.79. The molecule has 0 atom stereocenters. The predicted molar refractivity (Wildman–Crippen MR) is 81.8 cm³/mol. The highest BCUT2D eigenvalue weighted by atomic mass is 35.5. The first-order valence-electron chi connectivity index (χ1n) is 6.05. The second-order valence-corrected chi connectivity index (χ2v) is 6.85. The van der Waals surface area contributed by atoms with Crippen molar-refractivity contribution in [3.63, 3.8) is 0 Å². The number of rotatable bonds is 9. The zero-order valence-electron chi connectivity index (χ0n) is 11.2. The van der Waals surface area contributed by atoms with Crippen molar-refractivity contribution in [2.24, 2.45) is 0 Å². The lowest BCUT2D eigenvalue weighted by Gasteiger charge is -2.08. The molecule has 0 amide bonds. The van der Waals surface area contributed by atoms with Gasteiger partial charge in [-0.15, -0.1) is 0 Å². The van der Waals surface area contributed by atoms with Crippen molar-refractivity contribution < 1.29 is 13.2 Å². The largest absolute Gasteiger partial charge is 0.383 e. The van der Waals surface area contributed by atoms with E-state index in [2.05, 4.69) is 10.0 Å². The summed E-state index contributed by atoms with van der Waals surface area (Å²) < 4.78 is 31.1. The van der Waals surface area contributed by atoms with Crippen LogP contribution in [0.15, 0.2) is 18.2 Å². The average Bonchev–Trinajstić information content (AvgIpc) is 2.31. The molecule has 0 radical (unpaired) electrons. The number of methoxy groups -OCH3 is 1. The van der Waals surface area contributed by atoms with Crippen molar-refractivity contribution in [1.82, 2.24) is 10.0 Å². The topological polar surface area (TPSA) is 67.4 Å². The van der Waals surface area contributed by atoms with Gasteiger partial charge < -0.3 is 10.1 Å². The fraction of sp³-hybridized carbons (Fsp3) is 0.500. The minimum absolute atomic E-state index is 0.147. The lowest BCUT2D eigenvalue weighted by molar-refractivity contribution is 0.199. The van der Waals surface area contributed by atoms with Gasteiger partial charge >= 0.3 is 0 Å². The van der Waals surface area contributed by atoms with Crippen molar-refractivity contribution >= 4 is 33.2 Å². The lowest BCUT2D eigenvalue weighted by Crippen LogP contribution is -2.33. The van der Waals surface area contributed by atoms with Gasteiger partial charge in [-0.2, -0.15) is 0 Å². The Morgan fingerprint density at radius 3 is 2.35 bits per heavy atom. The average molecular weight is 341 g/mol. The molecule has 20 heavy (non-hydrogen) atoms. The minimum atomic E-state index is -3.40. The van der Waals surface area contributed by atoms with Crippen LogP contribution in [-0.2, 0) is 20.5 Å². The Morgan fingerprint density at radius 1 is 1.10 bits per heavy atom. The van der Waals surface area contributed by atoms with Gasteiger partial charge in [0.15, 0.2) is 0 Å². The molecular weight excluding hydrogens is 323 g/mol. The first kappa shape index (κ1) is 17.7. The SMILES string of the molecule is COCCNCCNS(=O)(=O)Cc1cc(Cl)cc(Cl)c1. The van der Waals surface area contributed by atoms with E-state index in [0.717, 1.165) is 0 Å². The van der Waals surface area contributed by atoms with Crippen LogP contribution in [0.3, 0.4) is 0 Å². The Balaban J connectivity index is 2.41. The number of sulfonamides is 1. The van der Waals surface area contributed by atoms with E-state index in [9.17, 15) is 8.42 Å². The van der Waals surface area contributed by atoms with Gasteiger partial charge in [-0.25, -0.2) is 13.1 Å². The molecule has 0 saturated carbocycles. The van der Waals surface area contributed by atoms with Crippen LogP contribution in [-0.4, -0.2) is 41.8 Å². The fourth-order valence-corrected chi connectivity index (χ4v) is 3.25. The molecule has 0 aliphatic carbocycles. The molecule has 0 aromatic heterocycles. The van der Waals surface area contributed by atoms with Crippen molar-refractivity contribution in [3.8, 4) is 0 Å². The highest BCUT2D eigenvalue weighted by Gasteiger charge is 2.11. The van der Waals surface area contributed by atoms with Gasteiger partial charge in [-0.1, -0.05) is 23.2 Å². The standard InChI is InChI=1S/C12H18Cl2N2O3S/c1-19-5-4-15-2-3-16-20(17,18)9-10-6-11(13)8-12(14)7-10/h6-8,15-16H,2-5,9H2,1H3. The van der Waals surface area contributed by atoms with Crippen LogP contribution >= 0.6 is 23.2 Å². The van der Waals surface area contributed by atoms with Gasteiger partial charge in [-0.05, 0) is 23.8 Å². The summed E-state index contributed by atoms with van der Waals surface area (Å²) >= 11 is 11.7. The molecular formula is C12H18Cl2N2O3S. The fourth-order valence-electron chi connectivity index (χ4n) is 1.56. The van der Waals surface area contributed by atoms with Gasteiger partial charge in [0.2, 0.25) is 10.0 Å². The first-order chi connectivity index (χ1) is 9.43. The van der Waals surface area contributed by atoms with E-state index in [4.69, 9.17) is 27.9 Å². The van der Waals surface area contributed by atoms with Gasteiger partial charge in [0, 0.05) is 36.8 Å². The molecule has 114 valence electrons. The summed E-state index contributed by atoms with van der Waals surface area (Å²) in [6.45, 7) is 2.13. The molecule has 5 nitrogen and oxygen atoms in total. The molecule has 0 fully saturated rings. The van der Waals surface area contributed by atoms with E-state index < -0.39 is 10.0 Å². The molecule has 0 bridgehead atoms. The molecule has 8 heteroatoms. The summed E-state index contributed by atoms with van der Waals surface area (Å²) in [5.74, 6) is -0.147. The van der Waals surface area contributed by atoms with Gasteiger partial charge in [0.25, 0.3) is 0 Å². The Labute approximate surface area is 129 Å². The number of nitrogens with one attached hydrogen (secondary N) is 2. The number of hydrogen-bond acceptors (Lipinski definition) is 4. The number of hydrogen-bond donors (Lipinski definition) is 2. The van der Waals surface area contributed by atoms with Gasteiger partial charge in [0.1, 0.15) is 0 Å². The monoisotopic (exact) mass is 340 g/mol. The van der Waals surface area contributed by atoms with E-state index in [1.165, 1.54) is 0 Å². The molecule has 1 aromatic carbocycles. The Morgan fingerprint density at radius 2 is 1.75 bits per heavy atom. The molecule has 0 heterocycles. The number of ether oxygens (including phenoxy) is 1. The Bertz CT molecular complexity index is 503. The normalized spacial score (nSPS) is 11.8. The first-order valence-corrected chi connectivity index (χ1v) is 8.46. The van der Waals surface area contributed by atoms with Gasteiger partial charge in [0.05, 0.1) is 12.4 Å². The van der Waals surface area contributed by atoms with Crippen molar-refractivity contribution in [3.05, 3.63) is 33.8 Å². The highest BCUT2D eigenvalue weighted by Crippen LogP contribution is 2.20. The lowest BCUT2D eigenvalue weighted by atomic mass is 10.2. The van der Waals surface area contributed by atoms with Crippen LogP contribution in [0.1, 0.15) is 5.56 Å². The third-order valence-electron chi connectivity index (χ3n) is 2.39. The highest BCUT2D eigenvalue weighted by molar-refractivity contribution is 7.88. The van der Waals surface area contributed by atoms with Crippen molar-refractivity contribution in [2.45, 2.75) is 5.75 Å². The van der Waals surface area contributed by atoms with Crippen LogP contribution in [0.4, 0.5) is 0 Å². The Kier molecular flexibility index (Phi) is 7.79. The zero-order chi connectivity index (χ0) is 15.0. The molecule has 1 aromatic rings. The summed E-state index contributed by atoms with van der Waals surface area (Å²) in [5.41, 5.74) is 0.558. The van der Waals surface area contributed by atoms with Gasteiger partial charge in [-0.3, -0.25) is 0 Å². The zero-order valence-corrected chi connectivity index (χ0v) is 13.5. The van der Waals surface area contributed by atoms with Crippen LogP contribution in [0.5, 0.6) is 0 Å². The van der Waals surface area contributed by atoms with Crippen LogP contribution < -0.4 is 10.0 Å². The minimum Gasteiger partial charge on any atom is -0.383 e. The van der Waals surface area contributed by atoms with E-state index in [1.54, 1.807) is 25.3 Å². The molecule has 0 unspecified atom stereocenters. The number of benzene rings is 1. The maximum atomic E-state index is 11.9. The summed E-state index contributed by atoms with van der Waals surface area (Å²) in [6.07, 6.45) is 0. The smallest absolute Gasteiger partial charge is 0.215 e. The van der Waals surface area contributed by atoms with E-state index in [-0.39, 0.29) is 5.75 Å². The Hall–Kier alpha value is -0.370. The van der Waals surface area contributed by atoms with E-state index >= 15 is 0 Å². The molecule has 0 saturated heterocycles. The summed E-state index contributed by atoms with van der Waals surface area (Å²) in [4.78, 5) is 0. The summed E-state index contributed by atoms with van der Waals surface area (Å²) in [5, 5.41) is 3.89. The van der Waals surface area contributed by atoms with Crippen LogP contribution in [0.2, 0.25) is 10.0 Å². The van der Waals surface area contributed by atoms with Crippen LogP contribution in [0, 0.1) is 0 Å².